The molecule has 3 heteroatoms. The molecule has 80 valence electrons. The highest BCUT2D eigenvalue weighted by molar-refractivity contribution is 8.76. The van der Waals surface area contributed by atoms with Gasteiger partial charge in [0.2, 0.25) is 0 Å². The van der Waals surface area contributed by atoms with Crippen molar-refractivity contribution in [2.45, 2.75) is 39.0 Å². The van der Waals surface area contributed by atoms with Gasteiger partial charge >= 0.3 is 0 Å². The number of furan rings is 1. The Kier molecular flexibility index (Phi) is 4.96. The summed E-state index contributed by atoms with van der Waals surface area (Å²) in [4.78, 5) is 1.27. The van der Waals surface area contributed by atoms with E-state index < -0.39 is 0 Å². The summed E-state index contributed by atoms with van der Waals surface area (Å²) in [6.45, 7) is 8.55. The summed E-state index contributed by atoms with van der Waals surface area (Å²) >= 11 is 0. The van der Waals surface area contributed by atoms with Gasteiger partial charge in [-0.15, -0.1) is 0 Å². The molecule has 1 aromatic rings. The minimum Gasteiger partial charge on any atom is -0.465 e. The lowest BCUT2D eigenvalue weighted by Gasteiger charge is -2.02. The van der Waals surface area contributed by atoms with E-state index in [9.17, 15) is 0 Å². The Bertz CT molecular complexity index is 279. The molecular weight excluding hydrogens is 212 g/mol. The maximum Gasteiger partial charge on any atom is 0.115 e. The first-order valence-corrected chi connectivity index (χ1v) is 7.28. The quantitative estimate of drug-likeness (QED) is 0.538. The molecule has 0 N–H and O–H groups in total. The predicted octanol–water partition coefficient (Wildman–Crippen LogP) is 4.68. The Morgan fingerprint density at radius 3 is 2.57 bits per heavy atom. The van der Waals surface area contributed by atoms with E-state index in [1.165, 1.54) is 17.1 Å². The molecule has 0 amide bonds. The second-order valence-electron chi connectivity index (χ2n) is 3.87. The SMILES string of the molecule is Cc1cc(SSCCC(C)C)c(C)o1. The predicted molar refractivity (Wildman–Crippen MR) is 66.0 cm³/mol. The normalized spacial score (nSPS) is 11.2. The van der Waals surface area contributed by atoms with Gasteiger partial charge in [0.15, 0.2) is 0 Å². The van der Waals surface area contributed by atoms with Gasteiger partial charge in [-0.05, 0) is 32.3 Å². The lowest BCUT2D eigenvalue weighted by molar-refractivity contribution is 0.499. The molecule has 0 saturated heterocycles. The average Bonchev–Trinajstić information content (AvgIpc) is 2.39. The second-order valence-corrected chi connectivity index (χ2v) is 6.32. The third kappa shape index (κ3) is 4.01. The van der Waals surface area contributed by atoms with Gasteiger partial charge in [-0.1, -0.05) is 35.4 Å². The fourth-order valence-electron chi connectivity index (χ4n) is 1.08. The molecule has 0 aliphatic heterocycles. The molecule has 1 heterocycles. The van der Waals surface area contributed by atoms with E-state index >= 15 is 0 Å². The standard InChI is InChI=1S/C11H18OS2/c1-8(2)5-6-13-14-11-7-9(3)12-10(11)4/h7-8H,5-6H2,1-4H3. The van der Waals surface area contributed by atoms with Gasteiger partial charge in [-0.3, -0.25) is 0 Å². The van der Waals surface area contributed by atoms with Crippen LogP contribution >= 0.6 is 21.6 Å². The molecule has 14 heavy (non-hydrogen) atoms. The van der Waals surface area contributed by atoms with Crippen LogP contribution in [-0.4, -0.2) is 5.75 Å². The van der Waals surface area contributed by atoms with Crippen LogP contribution in [0.4, 0.5) is 0 Å². The molecule has 0 aromatic carbocycles. The number of hydrogen-bond donors (Lipinski definition) is 0. The van der Waals surface area contributed by atoms with Crippen LogP contribution in [0.3, 0.4) is 0 Å². The summed E-state index contributed by atoms with van der Waals surface area (Å²) in [6.07, 6.45) is 1.29. The second kappa shape index (κ2) is 5.76. The summed E-state index contributed by atoms with van der Waals surface area (Å²) in [6, 6.07) is 2.11. The lowest BCUT2D eigenvalue weighted by Crippen LogP contribution is -1.87. The van der Waals surface area contributed by atoms with Crippen molar-refractivity contribution in [2.24, 2.45) is 5.92 Å². The molecule has 0 atom stereocenters. The monoisotopic (exact) mass is 230 g/mol. The van der Waals surface area contributed by atoms with E-state index in [1.807, 2.05) is 35.4 Å². The Hall–Kier alpha value is -0.0200. The van der Waals surface area contributed by atoms with E-state index in [0.29, 0.717) is 0 Å². The van der Waals surface area contributed by atoms with Crippen LogP contribution in [0.25, 0.3) is 0 Å². The van der Waals surface area contributed by atoms with E-state index in [4.69, 9.17) is 4.42 Å². The lowest BCUT2D eigenvalue weighted by atomic mass is 10.2. The Balaban J connectivity index is 2.28. The first-order valence-electron chi connectivity index (χ1n) is 4.96. The summed E-state index contributed by atoms with van der Waals surface area (Å²) in [7, 11) is 3.75. The van der Waals surface area contributed by atoms with Gasteiger partial charge in [-0.25, -0.2) is 0 Å². The third-order valence-corrected chi connectivity index (χ3v) is 4.42. The molecule has 1 nitrogen and oxygen atoms in total. The zero-order chi connectivity index (χ0) is 10.6. The highest BCUT2D eigenvalue weighted by Crippen LogP contribution is 2.35. The molecule has 0 aliphatic rings. The zero-order valence-electron chi connectivity index (χ0n) is 9.29. The van der Waals surface area contributed by atoms with Crippen molar-refractivity contribution in [3.8, 4) is 0 Å². The van der Waals surface area contributed by atoms with Crippen molar-refractivity contribution in [1.82, 2.24) is 0 Å². The van der Waals surface area contributed by atoms with Crippen LogP contribution in [-0.2, 0) is 0 Å². The largest absolute Gasteiger partial charge is 0.465 e. The molecular formula is C11H18OS2. The van der Waals surface area contributed by atoms with Crippen LogP contribution in [0.5, 0.6) is 0 Å². The van der Waals surface area contributed by atoms with Gasteiger partial charge in [0.05, 0.1) is 4.90 Å². The molecule has 0 radical (unpaired) electrons. The topological polar surface area (TPSA) is 13.1 Å². The van der Waals surface area contributed by atoms with Crippen molar-refractivity contribution in [3.05, 3.63) is 17.6 Å². The smallest absolute Gasteiger partial charge is 0.115 e. The van der Waals surface area contributed by atoms with Crippen molar-refractivity contribution in [2.75, 3.05) is 5.75 Å². The van der Waals surface area contributed by atoms with Crippen LogP contribution in [0.1, 0.15) is 31.8 Å². The van der Waals surface area contributed by atoms with Gasteiger partial charge in [0, 0.05) is 5.75 Å². The van der Waals surface area contributed by atoms with Gasteiger partial charge in [0.25, 0.3) is 0 Å². The van der Waals surface area contributed by atoms with Gasteiger partial charge in [-0.2, -0.15) is 0 Å². The first-order chi connectivity index (χ1) is 6.59. The highest BCUT2D eigenvalue weighted by Gasteiger charge is 2.05. The summed E-state index contributed by atoms with van der Waals surface area (Å²) in [5.41, 5.74) is 0. The fraction of sp³-hybridized carbons (Fsp3) is 0.636. The van der Waals surface area contributed by atoms with Crippen LogP contribution in [0, 0.1) is 19.8 Å². The van der Waals surface area contributed by atoms with Crippen molar-refractivity contribution in [1.29, 1.82) is 0 Å². The van der Waals surface area contributed by atoms with Gasteiger partial charge < -0.3 is 4.42 Å². The van der Waals surface area contributed by atoms with Crippen LogP contribution in [0.15, 0.2) is 15.4 Å². The van der Waals surface area contributed by atoms with Crippen molar-refractivity contribution < 1.29 is 4.42 Å². The molecule has 1 rings (SSSR count). The van der Waals surface area contributed by atoms with Crippen LogP contribution < -0.4 is 0 Å². The molecule has 0 saturated carbocycles. The van der Waals surface area contributed by atoms with Crippen LogP contribution in [0.2, 0.25) is 0 Å². The number of aryl methyl sites for hydroxylation is 2. The van der Waals surface area contributed by atoms with Gasteiger partial charge in [0.1, 0.15) is 11.5 Å². The Labute approximate surface area is 94.4 Å². The molecule has 0 spiro atoms. The average molecular weight is 230 g/mol. The fourth-order valence-corrected chi connectivity index (χ4v) is 3.65. The summed E-state index contributed by atoms with van der Waals surface area (Å²) < 4.78 is 5.46. The Morgan fingerprint density at radius 1 is 1.36 bits per heavy atom. The van der Waals surface area contributed by atoms with Crippen molar-refractivity contribution in [3.63, 3.8) is 0 Å². The maximum absolute atomic E-state index is 5.46. The third-order valence-electron chi connectivity index (χ3n) is 1.92. The minimum absolute atomic E-state index is 0.801. The highest BCUT2D eigenvalue weighted by atomic mass is 33.1. The molecule has 0 fully saturated rings. The number of rotatable bonds is 5. The molecule has 0 unspecified atom stereocenters. The summed E-state index contributed by atoms with van der Waals surface area (Å²) in [5, 5.41) is 0. The minimum atomic E-state index is 0.801. The van der Waals surface area contributed by atoms with E-state index in [0.717, 1.165) is 17.4 Å². The van der Waals surface area contributed by atoms with E-state index in [-0.39, 0.29) is 0 Å². The Morgan fingerprint density at radius 2 is 2.07 bits per heavy atom. The first kappa shape index (κ1) is 12.1. The zero-order valence-corrected chi connectivity index (χ0v) is 10.9. The maximum atomic E-state index is 5.46. The summed E-state index contributed by atoms with van der Waals surface area (Å²) in [5.74, 6) is 4.07. The molecule has 1 aromatic heterocycles. The van der Waals surface area contributed by atoms with E-state index in [1.54, 1.807) is 0 Å². The molecule has 0 bridgehead atoms. The van der Waals surface area contributed by atoms with E-state index in [2.05, 4.69) is 19.9 Å². The van der Waals surface area contributed by atoms with Crippen molar-refractivity contribution >= 4 is 21.6 Å². The molecule has 0 aliphatic carbocycles. The number of hydrogen-bond acceptors (Lipinski definition) is 3.